The third-order valence-corrected chi connectivity index (χ3v) is 4.80. The Morgan fingerprint density at radius 3 is 2.50 bits per heavy atom. The first kappa shape index (κ1) is 19.4. The first-order valence-electron chi connectivity index (χ1n) is 7.82. The number of non-ortho nitro benzene ring substituents is 1. The molecule has 0 aliphatic rings. The first-order valence-corrected chi connectivity index (χ1v) is 9.67. The van der Waals surface area contributed by atoms with Gasteiger partial charge in [0.25, 0.3) is 5.69 Å². The molecule has 2 aromatic rings. The number of hydrogen-bond acceptors (Lipinski definition) is 5. The molecule has 1 N–H and O–H groups in total. The van der Waals surface area contributed by atoms with Crippen molar-refractivity contribution in [3.05, 3.63) is 64.2 Å². The summed E-state index contributed by atoms with van der Waals surface area (Å²) in [5.74, 6) is -0.596. The lowest BCUT2D eigenvalue weighted by Gasteiger charge is -2.24. The molecule has 0 atom stereocenters. The summed E-state index contributed by atoms with van der Waals surface area (Å²) in [5, 5.41) is 13.3. The minimum atomic E-state index is -3.70. The summed E-state index contributed by atoms with van der Waals surface area (Å²) >= 11 is 0. The summed E-state index contributed by atoms with van der Waals surface area (Å²) in [7, 11) is -3.70. The topological polar surface area (TPSA) is 110 Å². The second-order valence-electron chi connectivity index (χ2n) is 5.61. The van der Waals surface area contributed by atoms with Gasteiger partial charge in [-0.25, -0.2) is 8.42 Å². The highest BCUT2D eigenvalue weighted by Crippen LogP contribution is 2.23. The number of carbonyl (C=O) groups is 1. The highest BCUT2D eigenvalue weighted by molar-refractivity contribution is 7.92. The third-order valence-electron chi connectivity index (χ3n) is 3.67. The molecular weight excluding hydrogens is 358 g/mol. The van der Waals surface area contributed by atoms with Crippen molar-refractivity contribution in [3.63, 3.8) is 0 Å². The average molecular weight is 377 g/mol. The molecule has 26 heavy (non-hydrogen) atoms. The van der Waals surface area contributed by atoms with Gasteiger partial charge in [0.05, 0.1) is 16.9 Å². The molecule has 2 aromatic carbocycles. The number of nitrogens with zero attached hydrogens (tertiary/aromatic N) is 2. The predicted octanol–water partition coefficient (Wildman–Crippen LogP) is 2.56. The summed E-state index contributed by atoms with van der Waals surface area (Å²) in [5.41, 5.74) is 1.29. The molecule has 8 nitrogen and oxygen atoms in total. The Morgan fingerprint density at radius 1 is 1.19 bits per heavy atom. The number of carbonyl (C=O) groups excluding carboxylic acids is 1. The van der Waals surface area contributed by atoms with Gasteiger partial charge in [0.1, 0.15) is 6.54 Å². The molecule has 0 saturated heterocycles. The lowest BCUT2D eigenvalue weighted by atomic mass is 10.1. The summed E-state index contributed by atoms with van der Waals surface area (Å²) in [6.07, 6.45) is 1.63. The maximum atomic E-state index is 12.3. The van der Waals surface area contributed by atoms with E-state index in [0.717, 1.165) is 16.1 Å². The van der Waals surface area contributed by atoms with Crippen molar-refractivity contribution in [2.45, 2.75) is 13.3 Å². The van der Waals surface area contributed by atoms with Gasteiger partial charge in [0, 0.05) is 17.8 Å². The van der Waals surface area contributed by atoms with Gasteiger partial charge in [-0.05, 0) is 24.1 Å². The molecule has 0 spiro atoms. The predicted molar refractivity (Wildman–Crippen MR) is 99.7 cm³/mol. The lowest BCUT2D eigenvalue weighted by molar-refractivity contribution is -0.384. The highest BCUT2D eigenvalue weighted by atomic mass is 32.2. The number of nitro groups is 1. The Bertz CT molecular complexity index is 928. The number of benzene rings is 2. The van der Waals surface area contributed by atoms with Crippen LogP contribution in [-0.4, -0.2) is 32.0 Å². The molecule has 0 radical (unpaired) electrons. The lowest BCUT2D eigenvalue weighted by Crippen LogP contribution is -2.38. The van der Waals surface area contributed by atoms with Gasteiger partial charge in [-0.2, -0.15) is 0 Å². The van der Waals surface area contributed by atoms with Crippen LogP contribution >= 0.6 is 0 Å². The fraction of sp³-hybridized carbons (Fsp3) is 0.235. The largest absolute Gasteiger partial charge is 0.324 e. The summed E-state index contributed by atoms with van der Waals surface area (Å²) in [6, 6.07) is 12.4. The average Bonchev–Trinajstić information content (AvgIpc) is 2.59. The molecule has 0 saturated carbocycles. The van der Waals surface area contributed by atoms with Gasteiger partial charge in [-0.1, -0.05) is 31.2 Å². The number of nitro benzene ring substituents is 1. The number of para-hydroxylation sites is 1. The van der Waals surface area contributed by atoms with Crippen LogP contribution in [0.15, 0.2) is 48.5 Å². The normalized spacial score (nSPS) is 11.0. The molecule has 0 aliphatic heterocycles. The second-order valence-corrected chi connectivity index (χ2v) is 7.51. The van der Waals surface area contributed by atoms with Crippen molar-refractivity contribution in [1.82, 2.24) is 0 Å². The smallest absolute Gasteiger partial charge is 0.271 e. The standard InChI is InChI=1S/C17H19N3O5S/c1-3-13-7-4-5-10-16(13)19(26(2,24)25)12-17(21)18-14-8-6-9-15(11-14)20(22)23/h4-11H,3,12H2,1-2H3,(H,18,21). The van der Waals surface area contributed by atoms with E-state index in [1.807, 2.05) is 6.92 Å². The van der Waals surface area contributed by atoms with Crippen LogP contribution in [0.5, 0.6) is 0 Å². The molecule has 0 unspecified atom stereocenters. The quantitative estimate of drug-likeness (QED) is 0.589. The zero-order valence-corrected chi connectivity index (χ0v) is 15.2. The number of rotatable bonds is 7. The number of sulfonamides is 1. The van der Waals surface area contributed by atoms with Crippen molar-refractivity contribution >= 4 is 33.0 Å². The van der Waals surface area contributed by atoms with E-state index in [4.69, 9.17) is 0 Å². The van der Waals surface area contributed by atoms with Crippen LogP contribution in [0, 0.1) is 10.1 Å². The molecular formula is C17H19N3O5S. The molecule has 0 heterocycles. The zero-order valence-electron chi connectivity index (χ0n) is 14.4. The molecule has 0 bridgehead atoms. The van der Waals surface area contributed by atoms with Crippen molar-refractivity contribution in [1.29, 1.82) is 0 Å². The SMILES string of the molecule is CCc1ccccc1N(CC(=O)Nc1cccc([N+](=O)[O-])c1)S(C)(=O)=O. The summed E-state index contributed by atoms with van der Waals surface area (Å²) in [6.45, 7) is 1.46. The van der Waals surface area contributed by atoms with Crippen LogP contribution in [0.25, 0.3) is 0 Å². The van der Waals surface area contributed by atoms with E-state index in [0.29, 0.717) is 12.1 Å². The number of hydrogen-bond donors (Lipinski definition) is 1. The molecule has 0 aromatic heterocycles. The summed E-state index contributed by atoms with van der Waals surface area (Å²) < 4.78 is 25.4. The zero-order chi connectivity index (χ0) is 19.3. The van der Waals surface area contributed by atoms with Crippen molar-refractivity contribution in [2.75, 3.05) is 22.4 Å². The van der Waals surface area contributed by atoms with Crippen LogP contribution in [-0.2, 0) is 21.2 Å². The molecule has 0 fully saturated rings. The van der Waals surface area contributed by atoms with Crippen LogP contribution < -0.4 is 9.62 Å². The van der Waals surface area contributed by atoms with Crippen LogP contribution in [0.2, 0.25) is 0 Å². The van der Waals surface area contributed by atoms with Gasteiger partial charge >= 0.3 is 0 Å². The van der Waals surface area contributed by atoms with E-state index in [1.54, 1.807) is 24.3 Å². The van der Waals surface area contributed by atoms with E-state index in [2.05, 4.69) is 5.32 Å². The number of amides is 1. The molecule has 1 amide bonds. The van der Waals surface area contributed by atoms with E-state index < -0.39 is 27.4 Å². The fourth-order valence-corrected chi connectivity index (χ4v) is 3.35. The number of nitrogens with one attached hydrogen (secondary N) is 1. The third kappa shape index (κ3) is 4.79. The van der Waals surface area contributed by atoms with E-state index in [9.17, 15) is 23.3 Å². The van der Waals surface area contributed by atoms with Gasteiger partial charge in [0.2, 0.25) is 15.9 Å². The minimum absolute atomic E-state index is 0.168. The Labute approximate surface area is 151 Å². The van der Waals surface area contributed by atoms with E-state index >= 15 is 0 Å². The Kier molecular flexibility index (Phi) is 5.93. The van der Waals surface area contributed by atoms with Crippen LogP contribution in [0.1, 0.15) is 12.5 Å². The van der Waals surface area contributed by atoms with E-state index in [-0.39, 0.29) is 11.4 Å². The molecule has 0 aliphatic carbocycles. The monoisotopic (exact) mass is 377 g/mol. The minimum Gasteiger partial charge on any atom is -0.324 e. The molecule has 9 heteroatoms. The number of aryl methyl sites for hydroxylation is 1. The Balaban J connectivity index is 2.25. The van der Waals surface area contributed by atoms with Crippen LogP contribution in [0.4, 0.5) is 17.1 Å². The van der Waals surface area contributed by atoms with E-state index in [1.165, 1.54) is 24.3 Å². The first-order chi connectivity index (χ1) is 12.2. The van der Waals surface area contributed by atoms with Gasteiger partial charge in [-0.15, -0.1) is 0 Å². The Hall–Kier alpha value is -2.94. The maximum absolute atomic E-state index is 12.3. The van der Waals surface area contributed by atoms with Crippen molar-refractivity contribution in [2.24, 2.45) is 0 Å². The fourth-order valence-electron chi connectivity index (χ4n) is 2.46. The number of anilines is 2. The van der Waals surface area contributed by atoms with Gasteiger partial charge in [-0.3, -0.25) is 19.2 Å². The molecule has 138 valence electrons. The molecule has 2 rings (SSSR count). The summed E-state index contributed by atoms with van der Waals surface area (Å²) in [4.78, 5) is 22.6. The van der Waals surface area contributed by atoms with Crippen molar-refractivity contribution in [3.8, 4) is 0 Å². The highest BCUT2D eigenvalue weighted by Gasteiger charge is 2.23. The van der Waals surface area contributed by atoms with Crippen LogP contribution in [0.3, 0.4) is 0 Å². The van der Waals surface area contributed by atoms with Crippen molar-refractivity contribution < 1.29 is 18.1 Å². The maximum Gasteiger partial charge on any atom is 0.271 e. The van der Waals surface area contributed by atoms with Gasteiger partial charge in [0.15, 0.2) is 0 Å². The second kappa shape index (κ2) is 7.96. The Morgan fingerprint density at radius 2 is 1.88 bits per heavy atom. The van der Waals surface area contributed by atoms with Gasteiger partial charge < -0.3 is 5.32 Å².